The summed E-state index contributed by atoms with van der Waals surface area (Å²) in [6, 6.07) is 16.5. The molecular formula is C27H26N2O7. The Kier molecular flexibility index (Phi) is 6.05. The molecule has 3 aromatic rings. The molecule has 0 amide bonds. The van der Waals surface area contributed by atoms with E-state index in [1.54, 1.807) is 26.4 Å². The maximum absolute atomic E-state index is 12.4. The second kappa shape index (κ2) is 9.33. The number of carboxylic acids is 1. The first-order valence-electron chi connectivity index (χ1n) is 11.3. The molecule has 2 atom stereocenters. The third-order valence-corrected chi connectivity index (χ3v) is 6.48. The van der Waals surface area contributed by atoms with E-state index in [4.69, 9.17) is 28.8 Å². The van der Waals surface area contributed by atoms with Gasteiger partial charge >= 0.3 is 5.97 Å². The first-order valence-corrected chi connectivity index (χ1v) is 11.3. The van der Waals surface area contributed by atoms with Gasteiger partial charge in [-0.1, -0.05) is 12.1 Å². The van der Waals surface area contributed by atoms with Crippen LogP contribution in [0, 0.1) is 0 Å². The highest BCUT2D eigenvalue weighted by molar-refractivity contribution is 6.02. The minimum absolute atomic E-state index is 0.0490. The van der Waals surface area contributed by atoms with Crippen LogP contribution in [0.5, 0.6) is 28.7 Å². The van der Waals surface area contributed by atoms with E-state index in [0.29, 0.717) is 29.2 Å². The maximum Gasteiger partial charge on any atom is 0.340 e. The van der Waals surface area contributed by atoms with Crippen molar-refractivity contribution in [2.75, 3.05) is 28.4 Å². The zero-order valence-electron chi connectivity index (χ0n) is 20.3. The number of hydrogen-bond donors (Lipinski definition) is 1. The molecule has 2 heterocycles. The number of fused-ring (bicyclic) bond motifs is 3. The lowest BCUT2D eigenvalue weighted by Crippen LogP contribution is -2.35. The fourth-order valence-corrected chi connectivity index (χ4v) is 4.78. The molecule has 0 spiro atoms. The monoisotopic (exact) mass is 490 g/mol. The molecule has 36 heavy (non-hydrogen) atoms. The van der Waals surface area contributed by atoms with Crippen LogP contribution in [-0.4, -0.2) is 50.2 Å². The van der Waals surface area contributed by atoms with Crippen molar-refractivity contribution < 1.29 is 33.6 Å². The van der Waals surface area contributed by atoms with Crippen molar-refractivity contribution in [3.05, 3.63) is 76.9 Å². The summed E-state index contributed by atoms with van der Waals surface area (Å²) < 4.78 is 28.1. The topological polar surface area (TPSA) is 99.1 Å². The molecule has 2 unspecified atom stereocenters. The highest BCUT2D eigenvalue weighted by Crippen LogP contribution is 2.52. The second-order valence-corrected chi connectivity index (χ2v) is 8.29. The smallest absolute Gasteiger partial charge is 0.340 e. The van der Waals surface area contributed by atoms with Gasteiger partial charge in [0.05, 0.1) is 40.2 Å². The molecule has 186 valence electrons. The number of hydrogen-bond acceptors (Lipinski definition) is 8. The molecule has 0 saturated heterocycles. The molecule has 5 rings (SSSR count). The van der Waals surface area contributed by atoms with E-state index >= 15 is 0 Å². The number of rotatable bonds is 7. The predicted octanol–water partition coefficient (Wildman–Crippen LogP) is 4.66. The Bertz CT molecular complexity index is 1340. The summed E-state index contributed by atoms with van der Waals surface area (Å²) in [6.45, 7) is 0. The van der Waals surface area contributed by atoms with Crippen molar-refractivity contribution in [2.24, 2.45) is 5.10 Å². The number of carbonyl (C=O) groups is 1. The summed E-state index contributed by atoms with van der Waals surface area (Å²) in [5, 5.41) is 16.9. The molecule has 3 aromatic carbocycles. The van der Waals surface area contributed by atoms with Crippen LogP contribution in [0.25, 0.3) is 0 Å². The Morgan fingerprint density at radius 2 is 1.67 bits per heavy atom. The fourth-order valence-electron chi connectivity index (χ4n) is 4.78. The van der Waals surface area contributed by atoms with Crippen molar-refractivity contribution in [2.45, 2.75) is 18.7 Å². The molecule has 0 aliphatic carbocycles. The van der Waals surface area contributed by atoms with Crippen LogP contribution in [0.3, 0.4) is 0 Å². The average Bonchev–Trinajstić information content (AvgIpc) is 3.37. The first kappa shape index (κ1) is 23.3. The van der Waals surface area contributed by atoms with Gasteiger partial charge in [-0.2, -0.15) is 5.10 Å². The molecule has 1 N–H and O–H groups in total. The number of hydrazone groups is 1. The van der Waals surface area contributed by atoms with Crippen LogP contribution >= 0.6 is 0 Å². The van der Waals surface area contributed by atoms with E-state index in [9.17, 15) is 9.90 Å². The van der Waals surface area contributed by atoms with Crippen LogP contribution in [0.4, 0.5) is 0 Å². The summed E-state index contributed by atoms with van der Waals surface area (Å²) in [5.74, 6) is 1.14. The fraction of sp³-hybridized carbons (Fsp3) is 0.259. The van der Waals surface area contributed by atoms with Gasteiger partial charge in [0.25, 0.3) is 0 Å². The largest absolute Gasteiger partial charge is 0.497 e. The molecule has 2 aliphatic rings. The van der Waals surface area contributed by atoms with E-state index < -0.39 is 12.2 Å². The molecule has 0 fully saturated rings. The second-order valence-electron chi connectivity index (χ2n) is 8.29. The predicted molar refractivity (Wildman–Crippen MR) is 132 cm³/mol. The summed E-state index contributed by atoms with van der Waals surface area (Å²) in [5.41, 5.74) is 3.05. The lowest BCUT2D eigenvalue weighted by Gasteiger charge is -2.39. The molecule has 0 radical (unpaired) electrons. The number of methoxy groups -OCH3 is 4. The zero-order valence-corrected chi connectivity index (χ0v) is 20.3. The van der Waals surface area contributed by atoms with E-state index in [2.05, 4.69) is 0 Å². The van der Waals surface area contributed by atoms with E-state index in [-0.39, 0.29) is 17.4 Å². The van der Waals surface area contributed by atoms with Crippen LogP contribution in [-0.2, 0) is 0 Å². The van der Waals surface area contributed by atoms with Crippen molar-refractivity contribution in [1.82, 2.24) is 5.01 Å². The molecule has 0 bridgehead atoms. The Balaban J connectivity index is 1.68. The first-order chi connectivity index (χ1) is 17.5. The minimum atomic E-state index is -1.16. The van der Waals surface area contributed by atoms with E-state index in [1.807, 2.05) is 47.5 Å². The maximum atomic E-state index is 12.4. The summed E-state index contributed by atoms with van der Waals surface area (Å²) in [7, 11) is 6.07. The van der Waals surface area contributed by atoms with Gasteiger partial charge in [-0.3, -0.25) is 0 Å². The SMILES string of the molecule is COc1ccc(C2=NN3C(C2)c2cccc(OC)c2OC3c2ccc(OC)c(OC)c2C(=O)O)cc1. The molecule has 2 aliphatic heterocycles. The summed E-state index contributed by atoms with van der Waals surface area (Å²) >= 11 is 0. The number of carboxylic acid groups (broad SMARTS) is 1. The Morgan fingerprint density at radius 1 is 0.917 bits per heavy atom. The number of aromatic carboxylic acids is 1. The van der Waals surface area contributed by atoms with Crippen LogP contribution in [0.15, 0.2) is 59.7 Å². The third-order valence-electron chi connectivity index (χ3n) is 6.48. The molecular weight excluding hydrogens is 464 g/mol. The lowest BCUT2D eigenvalue weighted by molar-refractivity contribution is -0.0217. The Morgan fingerprint density at radius 3 is 2.31 bits per heavy atom. The van der Waals surface area contributed by atoms with Gasteiger partial charge < -0.3 is 28.8 Å². The van der Waals surface area contributed by atoms with E-state index in [0.717, 1.165) is 22.6 Å². The minimum Gasteiger partial charge on any atom is -0.497 e. The third kappa shape index (κ3) is 3.73. The lowest BCUT2D eigenvalue weighted by atomic mass is 9.94. The van der Waals surface area contributed by atoms with Crippen molar-refractivity contribution in [3.63, 3.8) is 0 Å². The molecule has 0 aromatic heterocycles. The van der Waals surface area contributed by atoms with Gasteiger partial charge in [0, 0.05) is 17.5 Å². The Hall–Kier alpha value is -4.40. The summed E-state index contributed by atoms with van der Waals surface area (Å²) in [6.07, 6.45) is -0.248. The van der Waals surface area contributed by atoms with Gasteiger partial charge in [-0.25, -0.2) is 9.80 Å². The normalized spacial score (nSPS) is 17.9. The Labute approximate surface area is 208 Å². The van der Waals surface area contributed by atoms with Gasteiger partial charge in [-0.05, 0) is 48.0 Å². The van der Waals surface area contributed by atoms with Crippen LogP contribution in [0.1, 0.15) is 45.7 Å². The van der Waals surface area contributed by atoms with Gasteiger partial charge in [0.2, 0.25) is 6.23 Å². The van der Waals surface area contributed by atoms with Gasteiger partial charge in [0.15, 0.2) is 23.0 Å². The van der Waals surface area contributed by atoms with Crippen molar-refractivity contribution in [3.8, 4) is 28.7 Å². The standard InChI is InChI=1S/C27H26N2O7/c1-32-16-10-8-15(9-11-16)19-14-20-17-6-5-7-21(33-2)24(17)36-26(29(20)28-19)18-12-13-22(34-3)25(35-4)23(18)27(30)31/h5-13,20,26H,14H2,1-4H3,(H,30,31). The number of ether oxygens (including phenoxy) is 5. The molecule has 0 saturated carbocycles. The highest BCUT2D eigenvalue weighted by atomic mass is 16.5. The highest BCUT2D eigenvalue weighted by Gasteiger charge is 2.44. The van der Waals surface area contributed by atoms with Crippen molar-refractivity contribution in [1.29, 1.82) is 0 Å². The van der Waals surface area contributed by atoms with Gasteiger partial charge in [0.1, 0.15) is 11.3 Å². The van der Waals surface area contributed by atoms with Crippen molar-refractivity contribution >= 4 is 11.7 Å². The number of benzene rings is 3. The average molecular weight is 491 g/mol. The van der Waals surface area contributed by atoms with Crippen LogP contribution in [0.2, 0.25) is 0 Å². The number of para-hydroxylation sites is 1. The quantitative estimate of drug-likeness (QED) is 0.511. The van der Waals surface area contributed by atoms with Crippen LogP contribution < -0.4 is 23.7 Å². The molecule has 9 nitrogen and oxygen atoms in total. The van der Waals surface area contributed by atoms with E-state index in [1.165, 1.54) is 14.2 Å². The zero-order chi connectivity index (χ0) is 25.4. The van der Waals surface area contributed by atoms with Gasteiger partial charge in [-0.15, -0.1) is 0 Å². The summed E-state index contributed by atoms with van der Waals surface area (Å²) in [4.78, 5) is 12.4. The number of nitrogens with zero attached hydrogens (tertiary/aromatic N) is 2. The molecule has 9 heteroatoms.